The Morgan fingerprint density at radius 1 is 1.20 bits per heavy atom. The van der Waals surface area contributed by atoms with Crippen LogP contribution in [0.15, 0.2) is 42.6 Å². The van der Waals surface area contributed by atoms with Gasteiger partial charge in [-0.1, -0.05) is 30.2 Å². The van der Waals surface area contributed by atoms with Crippen LogP contribution in [0.4, 0.5) is 0 Å². The minimum absolute atomic E-state index is 0.0199. The lowest BCUT2D eigenvalue weighted by Gasteiger charge is -2.26. The monoisotopic (exact) mass is 424 g/mol. The molecule has 3 aromatic rings. The average molecular weight is 425 g/mol. The molecule has 0 spiro atoms. The van der Waals surface area contributed by atoms with E-state index in [4.69, 9.17) is 11.6 Å². The van der Waals surface area contributed by atoms with Crippen LogP contribution < -0.4 is 0 Å². The number of aromatic nitrogens is 2. The van der Waals surface area contributed by atoms with Gasteiger partial charge in [0, 0.05) is 46.7 Å². The third kappa shape index (κ3) is 3.74. The summed E-state index contributed by atoms with van der Waals surface area (Å²) in [6.07, 6.45) is 4.81. The van der Waals surface area contributed by atoms with Gasteiger partial charge in [0.15, 0.2) is 5.78 Å². The lowest BCUT2D eigenvalue weighted by molar-refractivity contribution is -0.146. The van der Waals surface area contributed by atoms with Gasteiger partial charge in [-0.25, -0.2) is 4.98 Å². The number of nitrogens with zero attached hydrogens (tertiary/aromatic N) is 2. The maximum absolute atomic E-state index is 13.4. The van der Waals surface area contributed by atoms with Crippen LogP contribution in [0.5, 0.6) is 0 Å². The van der Waals surface area contributed by atoms with Crippen molar-refractivity contribution in [2.45, 2.75) is 46.1 Å². The third-order valence-corrected chi connectivity index (χ3v) is 6.34. The average Bonchev–Trinajstić information content (AvgIpc) is 2.95. The number of fused-ring (bicyclic) bond motifs is 1. The number of carbonyl (C=O) groups excluding carboxylic acids is 1. The van der Waals surface area contributed by atoms with Crippen molar-refractivity contribution in [2.75, 3.05) is 0 Å². The second-order valence-corrected chi connectivity index (χ2v) is 9.20. The Hall–Kier alpha value is -2.66. The van der Waals surface area contributed by atoms with Crippen LogP contribution in [-0.4, -0.2) is 26.4 Å². The third-order valence-electron chi connectivity index (χ3n) is 6.09. The van der Waals surface area contributed by atoms with Crippen molar-refractivity contribution in [1.82, 2.24) is 9.55 Å². The molecular formula is C24H25ClN2O3. The smallest absolute Gasteiger partial charge is 0.309 e. The Kier molecular flexibility index (Phi) is 5.41. The van der Waals surface area contributed by atoms with Crippen LogP contribution in [0.3, 0.4) is 0 Å². The fraction of sp³-hybridized carbons (Fsp3) is 0.375. The Balaban J connectivity index is 1.91. The minimum Gasteiger partial charge on any atom is -0.481 e. The van der Waals surface area contributed by atoms with Gasteiger partial charge < -0.3 is 9.67 Å². The van der Waals surface area contributed by atoms with E-state index < -0.39 is 11.4 Å². The molecule has 0 bridgehead atoms. The van der Waals surface area contributed by atoms with E-state index in [-0.39, 0.29) is 18.1 Å². The van der Waals surface area contributed by atoms with E-state index in [1.54, 1.807) is 20.0 Å². The molecule has 0 amide bonds. The highest BCUT2D eigenvalue weighted by atomic mass is 35.5. The Morgan fingerprint density at radius 2 is 1.90 bits per heavy atom. The molecule has 0 aliphatic heterocycles. The highest BCUT2D eigenvalue weighted by Gasteiger charge is 2.36. The molecule has 5 nitrogen and oxygen atoms in total. The van der Waals surface area contributed by atoms with Crippen molar-refractivity contribution >= 4 is 34.4 Å². The number of carbonyl (C=O) groups is 2. The predicted molar refractivity (Wildman–Crippen MR) is 117 cm³/mol. The predicted octanol–water partition coefficient (Wildman–Crippen LogP) is 5.37. The molecule has 1 N–H and O–H groups in total. The molecule has 1 saturated carbocycles. The topological polar surface area (TPSA) is 72.2 Å². The molecule has 1 aliphatic rings. The first-order valence-corrected chi connectivity index (χ1v) is 10.6. The highest BCUT2D eigenvalue weighted by molar-refractivity contribution is 6.30. The van der Waals surface area contributed by atoms with Gasteiger partial charge in [-0.2, -0.15) is 0 Å². The van der Waals surface area contributed by atoms with Crippen molar-refractivity contribution in [3.8, 4) is 0 Å². The summed E-state index contributed by atoms with van der Waals surface area (Å²) in [6, 6.07) is 11.3. The highest BCUT2D eigenvalue weighted by Crippen LogP contribution is 2.37. The number of benzene rings is 1. The summed E-state index contributed by atoms with van der Waals surface area (Å²) < 4.78 is 2.01. The zero-order valence-corrected chi connectivity index (χ0v) is 17.9. The van der Waals surface area contributed by atoms with Crippen LogP contribution in [-0.2, 0) is 17.8 Å². The molecule has 0 atom stereocenters. The van der Waals surface area contributed by atoms with Crippen molar-refractivity contribution in [3.63, 3.8) is 0 Å². The number of halogens is 1. The fourth-order valence-corrected chi connectivity index (χ4v) is 4.12. The molecule has 2 aromatic heterocycles. The number of aliphatic carboxylic acids is 1. The second-order valence-electron chi connectivity index (χ2n) is 8.77. The summed E-state index contributed by atoms with van der Waals surface area (Å²) in [5.41, 5.74) is 2.11. The van der Waals surface area contributed by atoms with E-state index in [0.717, 1.165) is 35.9 Å². The van der Waals surface area contributed by atoms with E-state index in [0.29, 0.717) is 22.8 Å². The summed E-state index contributed by atoms with van der Waals surface area (Å²) in [5, 5.41) is 11.2. The first kappa shape index (κ1) is 20.6. The lowest BCUT2D eigenvalue weighted by Crippen LogP contribution is -2.29. The van der Waals surface area contributed by atoms with Gasteiger partial charge in [-0.3, -0.25) is 9.59 Å². The van der Waals surface area contributed by atoms with Crippen molar-refractivity contribution in [2.24, 2.45) is 11.3 Å². The van der Waals surface area contributed by atoms with E-state index in [9.17, 15) is 14.7 Å². The molecule has 30 heavy (non-hydrogen) atoms. The van der Waals surface area contributed by atoms with E-state index in [1.165, 1.54) is 0 Å². The number of pyridine rings is 1. The van der Waals surface area contributed by atoms with Gasteiger partial charge in [-0.05, 0) is 56.5 Å². The summed E-state index contributed by atoms with van der Waals surface area (Å²) in [4.78, 5) is 29.9. The number of carboxylic acids is 1. The fourth-order valence-electron chi connectivity index (χ4n) is 4.00. The van der Waals surface area contributed by atoms with Crippen LogP contribution in [0, 0.1) is 11.3 Å². The summed E-state index contributed by atoms with van der Waals surface area (Å²) >= 11 is 6.04. The maximum atomic E-state index is 13.4. The summed E-state index contributed by atoms with van der Waals surface area (Å²) in [7, 11) is 0. The molecule has 1 fully saturated rings. The number of hydrogen-bond acceptors (Lipinski definition) is 3. The molecule has 156 valence electrons. The van der Waals surface area contributed by atoms with Crippen LogP contribution in [0.1, 0.15) is 54.7 Å². The van der Waals surface area contributed by atoms with Crippen LogP contribution >= 0.6 is 11.6 Å². The number of carboxylic acid groups (broad SMARTS) is 1. The summed E-state index contributed by atoms with van der Waals surface area (Å²) in [5.74, 6) is -0.752. The second kappa shape index (κ2) is 7.88. The quantitative estimate of drug-likeness (QED) is 0.517. The zero-order valence-electron chi connectivity index (χ0n) is 17.2. The van der Waals surface area contributed by atoms with Crippen molar-refractivity contribution in [3.05, 3.63) is 64.4 Å². The molecule has 4 rings (SSSR count). The molecule has 6 heteroatoms. The van der Waals surface area contributed by atoms with E-state index in [2.05, 4.69) is 4.98 Å². The number of rotatable bonds is 7. The Bertz CT molecular complexity index is 1110. The SMILES string of the molecule is CC(C)(Cc1c(C(=O)C2CCC2)c2cccnc2n1Cc1ccc(Cl)cc1)C(=O)O. The normalized spacial score (nSPS) is 14.6. The van der Waals surface area contributed by atoms with E-state index >= 15 is 0 Å². The summed E-state index contributed by atoms with van der Waals surface area (Å²) in [6.45, 7) is 3.89. The molecule has 1 aliphatic carbocycles. The van der Waals surface area contributed by atoms with Crippen LogP contribution in [0.2, 0.25) is 5.02 Å². The number of Topliss-reactive ketones (excluding diaryl/α,β-unsaturated/α-hetero) is 1. The van der Waals surface area contributed by atoms with Gasteiger partial charge in [0.2, 0.25) is 0 Å². The molecule has 2 heterocycles. The van der Waals surface area contributed by atoms with Crippen molar-refractivity contribution < 1.29 is 14.7 Å². The van der Waals surface area contributed by atoms with Gasteiger partial charge in [-0.15, -0.1) is 0 Å². The molecule has 0 radical (unpaired) electrons. The first-order chi connectivity index (χ1) is 14.3. The van der Waals surface area contributed by atoms with Gasteiger partial charge in [0.05, 0.1) is 5.41 Å². The Morgan fingerprint density at radius 3 is 2.50 bits per heavy atom. The Labute approximate surface area is 180 Å². The van der Waals surface area contributed by atoms with Gasteiger partial charge >= 0.3 is 5.97 Å². The largest absolute Gasteiger partial charge is 0.481 e. The molecular weight excluding hydrogens is 400 g/mol. The van der Waals surface area contributed by atoms with Crippen LogP contribution in [0.25, 0.3) is 11.0 Å². The standard InChI is InChI=1S/C24H25ClN2O3/c1-24(2,23(29)30)13-19-20(21(28)16-5-3-6-16)18-7-4-12-26-22(18)27(19)14-15-8-10-17(25)11-9-15/h4,7-12,16H,3,5-6,13-14H2,1-2H3,(H,29,30). The van der Waals surface area contributed by atoms with Gasteiger partial charge in [0.1, 0.15) is 5.65 Å². The van der Waals surface area contributed by atoms with Crippen molar-refractivity contribution in [1.29, 1.82) is 0 Å². The zero-order chi connectivity index (χ0) is 21.5. The molecule has 0 unspecified atom stereocenters. The maximum Gasteiger partial charge on any atom is 0.309 e. The number of ketones is 1. The number of hydrogen-bond donors (Lipinski definition) is 1. The van der Waals surface area contributed by atoms with E-state index in [1.807, 2.05) is 41.0 Å². The molecule has 0 saturated heterocycles. The molecule has 1 aromatic carbocycles. The first-order valence-electron chi connectivity index (χ1n) is 10.3. The minimum atomic E-state index is -1.01. The van der Waals surface area contributed by atoms with Gasteiger partial charge in [0.25, 0.3) is 0 Å². The lowest BCUT2D eigenvalue weighted by atomic mass is 9.78.